The van der Waals surface area contributed by atoms with Gasteiger partial charge in [-0.1, -0.05) is 12.2 Å². The van der Waals surface area contributed by atoms with Crippen molar-refractivity contribution in [1.82, 2.24) is 33.6 Å². The molecule has 3 fully saturated rings. The summed E-state index contributed by atoms with van der Waals surface area (Å²) < 4.78 is 69.0. The predicted octanol–water partition coefficient (Wildman–Crippen LogP) is 0.920. The third-order valence-corrected chi connectivity index (χ3v) is 12.1. The minimum atomic E-state index is -4.39. The lowest BCUT2D eigenvalue weighted by atomic mass is 10.1. The van der Waals surface area contributed by atoms with Crippen molar-refractivity contribution in [2.45, 2.75) is 68.5 Å². The molecule has 2 bridgehead atoms. The lowest BCUT2D eigenvalue weighted by Gasteiger charge is -2.27. The normalized spacial score (nSPS) is 36.3. The number of thiol groups is 1. The van der Waals surface area contributed by atoms with Crippen LogP contribution in [-0.2, 0) is 56.9 Å². The van der Waals surface area contributed by atoms with Crippen molar-refractivity contribution in [2.24, 2.45) is 5.73 Å². The Morgan fingerprint density at radius 1 is 1.06 bits per heavy atom. The van der Waals surface area contributed by atoms with Gasteiger partial charge in [0.15, 0.2) is 29.8 Å². The van der Waals surface area contributed by atoms with Crippen molar-refractivity contribution in [3.8, 4) is 0 Å². The van der Waals surface area contributed by atoms with Gasteiger partial charge in [-0.3, -0.25) is 27.5 Å². The fraction of sp³-hybridized carbons (Fsp3) is 0.577. The van der Waals surface area contributed by atoms with Gasteiger partial charge in [0.05, 0.1) is 24.9 Å². The molecule has 5 N–H and O–H groups in total. The molecule has 2 unspecified atom stereocenters. The van der Waals surface area contributed by atoms with Crippen LogP contribution in [0.3, 0.4) is 0 Å². The number of aliphatic hydroxyl groups is 1. The number of alkyl halides is 1. The number of imidazole rings is 1. The molecule has 50 heavy (non-hydrogen) atoms. The second-order valence-corrected chi connectivity index (χ2v) is 17.8. The first-order chi connectivity index (χ1) is 23.9. The summed E-state index contributed by atoms with van der Waals surface area (Å²) in [4.78, 5) is 41.2. The van der Waals surface area contributed by atoms with E-state index in [4.69, 9.17) is 45.1 Å². The first-order valence-electron chi connectivity index (χ1n) is 15.6. The van der Waals surface area contributed by atoms with Gasteiger partial charge in [-0.2, -0.15) is 0 Å². The molecule has 4 aromatic heterocycles. The van der Waals surface area contributed by atoms with Crippen LogP contribution in [0, 0.1) is 0 Å². The van der Waals surface area contributed by atoms with Crippen molar-refractivity contribution in [3.63, 3.8) is 0 Å². The van der Waals surface area contributed by atoms with E-state index in [2.05, 4.69) is 37.5 Å². The highest BCUT2D eigenvalue weighted by Gasteiger charge is 2.53. The Bertz CT molecular complexity index is 2110. The second kappa shape index (κ2) is 13.2. The van der Waals surface area contributed by atoms with Crippen LogP contribution in [0.5, 0.6) is 0 Å². The average Bonchev–Trinajstić information content (AvgIpc) is 3.78. The van der Waals surface area contributed by atoms with Crippen LogP contribution in [0.25, 0.3) is 22.2 Å². The van der Waals surface area contributed by atoms with Gasteiger partial charge in [-0.05, 0) is 30.2 Å². The molecular formula is C26H32FN9O10P2S2. The molecule has 8 heterocycles. The van der Waals surface area contributed by atoms with Crippen molar-refractivity contribution in [3.05, 3.63) is 41.1 Å². The van der Waals surface area contributed by atoms with Crippen LogP contribution in [0.1, 0.15) is 24.4 Å². The largest absolute Gasteiger partial charge is 0.387 e. The van der Waals surface area contributed by atoms with E-state index in [0.717, 1.165) is 17.4 Å². The van der Waals surface area contributed by atoms with Crippen molar-refractivity contribution in [2.75, 3.05) is 31.6 Å². The van der Waals surface area contributed by atoms with E-state index >= 15 is 4.39 Å². The lowest BCUT2D eigenvalue weighted by molar-refractivity contribution is -0.0584. The van der Waals surface area contributed by atoms with Crippen LogP contribution in [0.15, 0.2) is 30.0 Å². The molecule has 0 spiro atoms. The zero-order chi connectivity index (χ0) is 34.9. The minimum Gasteiger partial charge on any atom is -0.387 e. The quantitative estimate of drug-likeness (QED) is 0.143. The first kappa shape index (κ1) is 34.6. The number of hydrogen-bond acceptors (Lipinski definition) is 16. The van der Waals surface area contributed by atoms with Crippen LogP contribution < -0.4 is 16.6 Å². The highest BCUT2D eigenvalue weighted by Crippen LogP contribution is 2.58. The van der Waals surface area contributed by atoms with E-state index in [1.807, 2.05) is 0 Å². The number of aromatic nitrogens is 7. The summed E-state index contributed by atoms with van der Waals surface area (Å²) in [7, 11) is 0. The Labute approximate surface area is 292 Å². The van der Waals surface area contributed by atoms with Gasteiger partial charge in [-0.15, -0.1) is 0 Å². The minimum absolute atomic E-state index is 0.0186. The fourth-order valence-corrected chi connectivity index (χ4v) is 9.57. The van der Waals surface area contributed by atoms with E-state index in [0.29, 0.717) is 24.4 Å². The predicted molar refractivity (Wildman–Crippen MR) is 179 cm³/mol. The average molecular weight is 776 g/mol. The molecule has 24 heteroatoms. The summed E-state index contributed by atoms with van der Waals surface area (Å²) in [6.45, 7) is -8.68. The Morgan fingerprint density at radius 2 is 1.86 bits per heavy atom. The molecule has 4 aliphatic heterocycles. The number of rotatable bonds is 4. The van der Waals surface area contributed by atoms with Gasteiger partial charge >= 0.3 is 13.5 Å². The van der Waals surface area contributed by atoms with Crippen molar-refractivity contribution in [1.29, 1.82) is 0 Å². The number of anilines is 1. The molecule has 270 valence electrons. The number of halogens is 1. The van der Waals surface area contributed by atoms with Crippen molar-refractivity contribution >= 4 is 65.6 Å². The molecule has 0 radical (unpaired) electrons. The van der Waals surface area contributed by atoms with Gasteiger partial charge in [0.1, 0.15) is 54.6 Å². The Hall–Kier alpha value is -2.43. The SMILES string of the molecule is NCCn1cnc2c(ncn2[C@@H]2O[C@@H]3COP(O)(=S)O[C@H]4[C@@H](F)[C@H](n5cc6c7c(ncnc75)NCCC6)O[C@@H]4COP(=O)(S)O[C@@H]2[C@@H]3O)c1=O. The molecule has 3 saturated heterocycles. The van der Waals surface area contributed by atoms with Crippen LogP contribution >= 0.6 is 25.8 Å². The molecule has 4 aliphatic rings. The van der Waals surface area contributed by atoms with Gasteiger partial charge in [0.2, 0.25) is 0 Å². The highest BCUT2D eigenvalue weighted by atomic mass is 32.7. The van der Waals surface area contributed by atoms with Crippen LogP contribution in [0.2, 0.25) is 0 Å². The monoisotopic (exact) mass is 775 g/mol. The highest BCUT2D eigenvalue weighted by molar-refractivity contribution is 8.44. The maximum Gasteiger partial charge on any atom is 0.386 e. The van der Waals surface area contributed by atoms with E-state index in [-0.39, 0.29) is 24.3 Å². The number of nitrogens with two attached hydrogens (primary N) is 1. The summed E-state index contributed by atoms with van der Waals surface area (Å²) in [5.41, 5.74) is 6.49. The first-order valence-corrected chi connectivity index (χ1v) is 20.9. The number of aryl methyl sites for hydroxylation is 1. The van der Waals surface area contributed by atoms with Crippen molar-refractivity contribution < 1.29 is 46.5 Å². The third kappa shape index (κ3) is 6.13. The Morgan fingerprint density at radius 3 is 2.68 bits per heavy atom. The summed E-state index contributed by atoms with van der Waals surface area (Å²) >= 11 is 9.40. The van der Waals surface area contributed by atoms with Gasteiger partial charge in [-0.25, -0.2) is 28.9 Å². The Kier molecular flexibility index (Phi) is 9.15. The smallest absolute Gasteiger partial charge is 0.386 e. The summed E-state index contributed by atoms with van der Waals surface area (Å²) in [5.74, 6) is 0.615. The molecule has 4 aromatic rings. The summed E-state index contributed by atoms with van der Waals surface area (Å²) in [5, 5.41) is 15.3. The van der Waals surface area contributed by atoms with E-state index in [1.54, 1.807) is 6.20 Å². The summed E-state index contributed by atoms with van der Waals surface area (Å²) in [6, 6.07) is 0. The third-order valence-electron chi connectivity index (χ3n) is 8.97. The van der Waals surface area contributed by atoms with E-state index < -0.39 is 81.4 Å². The number of fused-ring (bicyclic) bond motifs is 4. The zero-order valence-electron chi connectivity index (χ0n) is 25.9. The zero-order valence-corrected chi connectivity index (χ0v) is 29.4. The van der Waals surface area contributed by atoms with Crippen LogP contribution in [0.4, 0.5) is 10.2 Å². The topological polar surface area (TPSA) is 234 Å². The fourth-order valence-electron chi connectivity index (χ4n) is 6.67. The molecule has 0 aliphatic carbocycles. The van der Waals surface area contributed by atoms with Gasteiger partial charge in [0.25, 0.3) is 5.56 Å². The van der Waals surface area contributed by atoms with E-state index in [1.165, 1.54) is 32.7 Å². The van der Waals surface area contributed by atoms with Crippen LogP contribution in [-0.4, -0.2) is 107 Å². The lowest BCUT2D eigenvalue weighted by Crippen LogP contribution is -2.35. The summed E-state index contributed by atoms with van der Waals surface area (Å²) in [6.07, 6.45) is -4.54. The number of aliphatic hydroxyl groups excluding tert-OH is 1. The maximum absolute atomic E-state index is 16.4. The molecule has 10 atom stereocenters. The molecule has 0 aromatic carbocycles. The number of nitrogens with one attached hydrogen (secondary N) is 1. The molecule has 19 nitrogen and oxygen atoms in total. The Balaban J connectivity index is 1.10. The van der Waals surface area contributed by atoms with Gasteiger partial charge < -0.3 is 39.6 Å². The maximum atomic E-state index is 16.4. The number of nitrogens with zero attached hydrogens (tertiary/aromatic N) is 7. The standard InChI is InChI=1S/C26H32FN9O10P2S2/c27-16-19-14(44-25(16)35-6-12-2-1-4-29-21-15(12)22(35)31-9-30-21)8-42-48(40,50)46-20-18(37)13(7-41-47(39,49)45-19)43-26(20)36-11-32-17-23(36)33-10-34(5-3-28)24(17)38/h6,9-11,13-14,16,18-20,25-26,37H,1-5,7-8,28H2,(H,39,49)(H,40,50)(H,29,30,31)/t13-,14-,16-,18-,19-,20-,25-,26-,47?,48?/m1/s1. The number of ether oxygens (including phenoxy) is 2. The second-order valence-electron chi connectivity index (χ2n) is 12.1. The molecule has 0 saturated carbocycles. The number of hydrogen-bond donors (Lipinski definition) is 5. The molecular weight excluding hydrogens is 743 g/mol. The van der Waals surface area contributed by atoms with Gasteiger partial charge in [0, 0.05) is 25.8 Å². The molecule has 8 rings (SSSR count). The van der Waals surface area contributed by atoms with E-state index in [9.17, 15) is 19.4 Å². The molecule has 0 amide bonds.